The number of nitrogens with zero attached hydrogens (tertiary/aromatic N) is 1. The Balaban J connectivity index is 1.63. The Labute approximate surface area is 229 Å². The molecule has 0 aromatic heterocycles. The van der Waals surface area contributed by atoms with Crippen LogP contribution >= 0.6 is 0 Å². The highest BCUT2D eigenvalue weighted by Gasteiger charge is 2.38. The summed E-state index contributed by atoms with van der Waals surface area (Å²) in [5.74, 6) is -0.488. The van der Waals surface area contributed by atoms with Gasteiger partial charge in [0.15, 0.2) is 0 Å². The molecular weight excluding hydrogens is 492 g/mol. The van der Waals surface area contributed by atoms with E-state index in [4.69, 9.17) is 4.74 Å². The van der Waals surface area contributed by atoms with E-state index in [-0.39, 0.29) is 18.7 Å². The minimum Gasteiger partial charge on any atom is -0.463 e. The van der Waals surface area contributed by atoms with Gasteiger partial charge in [-0.1, -0.05) is 68.4 Å². The van der Waals surface area contributed by atoms with Crippen molar-refractivity contribution in [2.45, 2.75) is 39.7 Å². The Hall–Kier alpha value is -4.59. The Kier molecular flexibility index (Phi) is 8.99. The highest BCUT2D eigenvalue weighted by Crippen LogP contribution is 2.37. The summed E-state index contributed by atoms with van der Waals surface area (Å²) >= 11 is 0. The lowest BCUT2D eigenvalue weighted by atomic mass is 9.91. The molecule has 39 heavy (non-hydrogen) atoms. The van der Waals surface area contributed by atoms with Crippen molar-refractivity contribution in [2.75, 3.05) is 23.8 Å². The van der Waals surface area contributed by atoms with E-state index < -0.39 is 12.0 Å². The molecule has 0 fully saturated rings. The zero-order valence-electron chi connectivity index (χ0n) is 22.5. The Morgan fingerprint density at radius 3 is 2.05 bits per heavy atom. The van der Waals surface area contributed by atoms with Gasteiger partial charge in [0.1, 0.15) is 0 Å². The second-order valence-corrected chi connectivity index (χ2v) is 9.13. The Morgan fingerprint density at radius 1 is 0.872 bits per heavy atom. The van der Waals surface area contributed by atoms with Crippen molar-refractivity contribution < 1.29 is 19.1 Å². The molecule has 1 heterocycles. The summed E-state index contributed by atoms with van der Waals surface area (Å²) in [6.07, 6.45) is 1.65. The van der Waals surface area contributed by atoms with Crippen molar-refractivity contribution in [3.63, 3.8) is 0 Å². The van der Waals surface area contributed by atoms with Gasteiger partial charge in [0.25, 0.3) is 0 Å². The Bertz CT molecular complexity index is 1340. The molecule has 0 saturated heterocycles. The number of carbonyl (C=O) groups excluding carboxylic acids is 3. The first kappa shape index (κ1) is 27.4. The molecule has 3 aromatic carbocycles. The van der Waals surface area contributed by atoms with Crippen LogP contribution in [0.15, 0.2) is 84.4 Å². The number of amides is 4. The topological polar surface area (TPSA) is 99.8 Å². The molecule has 3 N–H and O–H groups in total. The van der Waals surface area contributed by atoms with Crippen LogP contribution in [0, 0.1) is 0 Å². The van der Waals surface area contributed by atoms with Gasteiger partial charge in [-0.05, 0) is 60.7 Å². The molecule has 0 spiro atoms. The molecule has 1 atom stereocenters. The molecule has 4 amide bonds. The molecule has 1 aliphatic heterocycles. The number of hydrogen-bond donors (Lipinski definition) is 3. The number of hydrogen-bond acceptors (Lipinski definition) is 4. The first-order valence-corrected chi connectivity index (χ1v) is 13.3. The van der Waals surface area contributed by atoms with E-state index in [1.165, 1.54) is 5.56 Å². The number of aryl methyl sites for hydroxylation is 1. The van der Waals surface area contributed by atoms with Crippen molar-refractivity contribution in [1.82, 2.24) is 10.2 Å². The SMILES string of the molecule is CCCN1C(=O)NC(c2ccc(NC(=O)Nc3ccc(CC)cc3)cc2)C(C(=O)OCC)=C1c1ccccc1. The smallest absolute Gasteiger partial charge is 0.338 e. The van der Waals surface area contributed by atoms with Crippen molar-refractivity contribution >= 4 is 35.1 Å². The quantitative estimate of drug-likeness (QED) is 0.283. The third kappa shape index (κ3) is 6.46. The molecule has 3 aromatic rings. The monoisotopic (exact) mass is 526 g/mol. The van der Waals surface area contributed by atoms with Crippen LogP contribution in [0.4, 0.5) is 21.0 Å². The number of benzene rings is 3. The van der Waals surface area contributed by atoms with Crippen molar-refractivity contribution in [1.29, 1.82) is 0 Å². The van der Waals surface area contributed by atoms with Crippen molar-refractivity contribution in [2.24, 2.45) is 0 Å². The average Bonchev–Trinajstić information content (AvgIpc) is 2.95. The summed E-state index contributed by atoms with van der Waals surface area (Å²) in [7, 11) is 0. The van der Waals surface area contributed by atoms with Crippen LogP contribution in [0.25, 0.3) is 5.70 Å². The van der Waals surface area contributed by atoms with Crippen LogP contribution < -0.4 is 16.0 Å². The summed E-state index contributed by atoms with van der Waals surface area (Å²) in [5, 5.41) is 8.63. The molecule has 8 heteroatoms. The van der Waals surface area contributed by atoms with E-state index >= 15 is 0 Å². The number of rotatable bonds is 9. The molecule has 1 unspecified atom stereocenters. The third-order valence-corrected chi connectivity index (χ3v) is 6.44. The predicted molar refractivity (Wildman–Crippen MR) is 153 cm³/mol. The van der Waals surface area contributed by atoms with E-state index in [0.29, 0.717) is 34.8 Å². The minimum atomic E-state index is -0.722. The van der Waals surface area contributed by atoms with Gasteiger partial charge < -0.3 is 20.7 Å². The average molecular weight is 527 g/mol. The van der Waals surface area contributed by atoms with E-state index in [1.807, 2.05) is 61.5 Å². The molecule has 1 aliphatic rings. The fourth-order valence-corrected chi connectivity index (χ4v) is 4.55. The number of anilines is 2. The van der Waals surface area contributed by atoms with Crippen molar-refractivity contribution in [3.05, 3.63) is 101 Å². The number of esters is 1. The molecule has 0 saturated carbocycles. The largest absolute Gasteiger partial charge is 0.463 e. The number of urea groups is 2. The summed E-state index contributed by atoms with van der Waals surface area (Å²) in [5.41, 5.74) is 4.82. The van der Waals surface area contributed by atoms with Gasteiger partial charge in [0, 0.05) is 17.9 Å². The highest BCUT2D eigenvalue weighted by atomic mass is 16.5. The molecule has 8 nitrogen and oxygen atoms in total. The van der Waals surface area contributed by atoms with Gasteiger partial charge in [-0.3, -0.25) is 4.90 Å². The highest BCUT2D eigenvalue weighted by molar-refractivity contribution is 6.05. The second-order valence-electron chi connectivity index (χ2n) is 9.13. The second kappa shape index (κ2) is 12.8. The van der Waals surface area contributed by atoms with Gasteiger partial charge in [-0.15, -0.1) is 0 Å². The van der Waals surface area contributed by atoms with E-state index in [0.717, 1.165) is 18.4 Å². The van der Waals surface area contributed by atoms with E-state index in [2.05, 4.69) is 22.9 Å². The fourth-order valence-electron chi connectivity index (χ4n) is 4.55. The molecule has 202 valence electrons. The predicted octanol–water partition coefficient (Wildman–Crippen LogP) is 6.34. The van der Waals surface area contributed by atoms with Crippen LogP contribution in [0.3, 0.4) is 0 Å². The van der Waals surface area contributed by atoms with Gasteiger partial charge in [0.2, 0.25) is 0 Å². The van der Waals surface area contributed by atoms with E-state index in [1.54, 1.807) is 36.1 Å². The van der Waals surface area contributed by atoms with E-state index in [9.17, 15) is 14.4 Å². The molecule has 0 bridgehead atoms. The lowest BCUT2D eigenvalue weighted by Crippen LogP contribution is -2.48. The maximum Gasteiger partial charge on any atom is 0.338 e. The van der Waals surface area contributed by atoms with Crippen LogP contribution in [0.5, 0.6) is 0 Å². The van der Waals surface area contributed by atoms with Crippen LogP contribution in [-0.4, -0.2) is 36.1 Å². The number of carbonyl (C=O) groups is 3. The minimum absolute atomic E-state index is 0.206. The van der Waals surface area contributed by atoms with Crippen molar-refractivity contribution in [3.8, 4) is 0 Å². The summed E-state index contributed by atoms with van der Waals surface area (Å²) in [6, 6.07) is 22.8. The first-order valence-electron chi connectivity index (χ1n) is 13.3. The van der Waals surface area contributed by atoms with Crippen LogP contribution in [-0.2, 0) is 16.0 Å². The fraction of sp³-hybridized carbons (Fsp3) is 0.258. The maximum absolute atomic E-state index is 13.3. The lowest BCUT2D eigenvalue weighted by molar-refractivity contribution is -0.138. The maximum atomic E-state index is 13.3. The van der Waals surface area contributed by atoms with Gasteiger partial charge >= 0.3 is 18.0 Å². The number of ether oxygens (including phenoxy) is 1. The molecule has 0 aliphatic carbocycles. The molecular formula is C31H34N4O4. The van der Waals surface area contributed by atoms with Gasteiger partial charge in [-0.25, -0.2) is 14.4 Å². The normalized spacial score (nSPS) is 15.0. The Morgan fingerprint density at radius 2 is 1.49 bits per heavy atom. The summed E-state index contributed by atoms with van der Waals surface area (Å²) < 4.78 is 5.45. The zero-order valence-corrected chi connectivity index (χ0v) is 22.5. The zero-order chi connectivity index (χ0) is 27.8. The van der Waals surface area contributed by atoms with Gasteiger partial charge in [-0.2, -0.15) is 0 Å². The summed E-state index contributed by atoms with van der Waals surface area (Å²) in [6.45, 7) is 6.47. The first-order chi connectivity index (χ1) is 18.9. The van der Waals surface area contributed by atoms with Crippen LogP contribution in [0.1, 0.15) is 49.9 Å². The standard InChI is InChI=1S/C31H34N4O4/c1-4-20-35-28(23-10-8-7-9-11-23)26(29(36)39-6-3)27(34-31(35)38)22-14-18-25(19-15-22)33-30(37)32-24-16-12-21(5-2)13-17-24/h7-19,27H,4-6,20H2,1-3H3,(H,34,38)(H2,32,33,37). The van der Waals surface area contributed by atoms with Crippen LogP contribution in [0.2, 0.25) is 0 Å². The number of nitrogens with one attached hydrogen (secondary N) is 3. The summed E-state index contributed by atoms with van der Waals surface area (Å²) in [4.78, 5) is 40.7. The van der Waals surface area contributed by atoms with Gasteiger partial charge in [0.05, 0.1) is 23.9 Å². The third-order valence-electron chi connectivity index (χ3n) is 6.44. The lowest BCUT2D eigenvalue weighted by Gasteiger charge is -2.36. The molecule has 4 rings (SSSR count). The molecule has 0 radical (unpaired) electrons.